The van der Waals surface area contributed by atoms with Gasteiger partial charge in [-0.2, -0.15) is 23.5 Å². The summed E-state index contributed by atoms with van der Waals surface area (Å²) in [7, 11) is 0. The molecule has 196 valence electrons. The van der Waals surface area contributed by atoms with Crippen LogP contribution in [0.3, 0.4) is 0 Å². The second kappa shape index (κ2) is 14.1. The van der Waals surface area contributed by atoms with Crippen molar-refractivity contribution in [3.8, 4) is 11.5 Å². The van der Waals surface area contributed by atoms with Gasteiger partial charge >= 0.3 is 0 Å². The molecule has 0 atom stereocenters. The molecule has 0 aliphatic heterocycles. The molecule has 8 heteroatoms. The Hall–Kier alpha value is -1.80. The van der Waals surface area contributed by atoms with E-state index in [1.165, 1.54) is 18.9 Å². The van der Waals surface area contributed by atoms with Crippen LogP contribution in [0.25, 0.3) is 0 Å². The fourth-order valence-corrected chi connectivity index (χ4v) is 6.11. The molecule has 2 heterocycles. The van der Waals surface area contributed by atoms with Crippen molar-refractivity contribution in [2.24, 2.45) is 10.8 Å². The summed E-state index contributed by atoms with van der Waals surface area (Å²) in [5.41, 5.74) is 0.378. The summed E-state index contributed by atoms with van der Waals surface area (Å²) < 4.78 is 10.1. The molecule has 0 aliphatic carbocycles. The number of rotatable bonds is 16. The summed E-state index contributed by atoms with van der Waals surface area (Å²) in [4.78, 5) is 24.0. The lowest BCUT2D eigenvalue weighted by Gasteiger charge is -2.24. The summed E-state index contributed by atoms with van der Waals surface area (Å²) in [5.74, 6) is 3.89. The first kappa shape index (κ1) is 29.4. The van der Waals surface area contributed by atoms with Crippen LogP contribution in [0, 0.1) is 10.8 Å². The Labute approximate surface area is 216 Å². The van der Waals surface area contributed by atoms with Crippen LogP contribution in [0.1, 0.15) is 70.9 Å². The van der Waals surface area contributed by atoms with Gasteiger partial charge < -0.3 is 19.0 Å². The van der Waals surface area contributed by atoms with E-state index in [4.69, 9.17) is 8.83 Å². The quantitative estimate of drug-likeness (QED) is 0.248. The second-order valence-electron chi connectivity index (χ2n) is 10.7. The third kappa shape index (κ3) is 10.8. The van der Waals surface area contributed by atoms with Crippen molar-refractivity contribution in [3.05, 3.63) is 56.6 Å². The lowest BCUT2D eigenvalue weighted by molar-refractivity contribution is 0.323. The summed E-state index contributed by atoms with van der Waals surface area (Å²) in [5, 5.41) is 19.1. The van der Waals surface area contributed by atoms with Crippen molar-refractivity contribution in [1.82, 2.24) is 0 Å². The predicted molar refractivity (Wildman–Crippen MR) is 146 cm³/mol. The number of hydrogen-bond donors (Lipinski definition) is 2. The van der Waals surface area contributed by atoms with E-state index < -0.39 is 0 Å². The third-order valence-electron chi connectivity index (χ3n) is 6.03. The van der Waals surface area contributed by atoms with Crippen LogP contribution in [0.5, 0.6) is 11.5 Å². The highest BCUT2D eigenvalue weighted by Gasteiger charge is 2.22. The zero-order valence-corrected chi connectivity index (χ0v) is 23.1. The Morgan fingerprint density at radius 3 is 1.43 bits per heavy atom. The molecule has 2 N–H and O–H groups in total. The molecule has 0 unspecified atom stereocenters. The molecule has 0 aromatic carbocycles. The van der Waals surface area contributed by atoms with E-state index in [-0.39, 0.29) is 33.2 Å². The van der Waals surface area contributed by atoms with Gasteiger partial charge in [0.05, 0.1) is 12.5 Å². The summed E-state index contributed by atoms with van der Waals surface area (Å²) >= 11 is 3.97. The average molecular weight is 525 g/mol. The maximum absolute atomic E-state index is 12.0. The van der Waals surface area contributed by atoms with Crippen LogP contribution in [-0.4, -0.2) is 33.2 Å². The van der Waals surface area contributed by atoms with Crippen LogP contribution in [0.4, 0.5) is 0 Å². The fraction of sp³-hybridized carbons (Fsp3) is 0.630. The van der Waals surface area contributed by atoms with Gasteiger partial charge in [-0.05, 0) is 78.8 Å². The maximum atomic E-state index is 12.0. The second-order valence-corrected chi connectivity index (χ2v) is 13.1. The molecule has 35 heavy (non-hydrogen) atoms. The minimum atomic E-state index is -0.330. The minimum Gasteiger partial charge on any atom is -0.502 e. The van der Waals surface area contributed by atoms with Crippen LogP contribution in [0.15, 0.2) is 43.5 Å². The van der Waals surface area contributed by atoms with E-state index >= 15 is 0 Å². The maximum Gasteiger partial charge on any atom is 0.229 e. The van der Waals surface area contributed by atoms with Gasteiger partial charge in [0.25, 0.3) is 0 Å². The lowest BCUT2D eigenvalue weighted by atomic mass is 9.82. The molecule has 0 spiro atoms. The molecular weight excluding hydrogens is 484 g/mol. The first-order valence-corrected chi connectivity index (χ1v) is 14.5. The molecule has 2 aromatic heterocycles. The molecule has 0 fully saturated rings. The highest BCUT2D eigenvalue weighted by molar-refractivity contribution is 8.00. The Bertz CT molecular complexity index is 943. The van der Waals surface area contributed by atoms with Gasteiger partial charge in [-0.25, -0.2) is 0 Å². The highest BCUT2D eigenvalue weighted by atomic mass is 32.2. The SMILES string of the molecule is CC(C)(CCCSCCCSCCCC(C)(C)Cc1cocc(O)c1=O)Cc1cocc(O)c1=O. The number of hydrogen-bond acceptors (Lipinski definition) is 8. The molecule has 0 aliphatic rings. The fourth-order valence-electron chi connectivity index (χ4n) is 4.13. The molecule has 6 nitrogen and oxygen atoms in total. The summed E-state index contributed by atoms with van der Waals surface area (Å²) in [6, 6.07) is 0. The van der Waals surface area contributed by atoms with Crippen molar-refractivity contribution in [1.29, 1.82) is 0 Å². The molecule has 2 rings (SSSR count). The molecule has 0 radical (unpaired) electrons. The van der Waals surface area contributed by atoms with Gasteiger partial charge in [0, 0.05) is 11.1 Å². The normalized spacial score (nSPS) is 12.2. The topological polar surface area (TPSA) is 101 Å². The average Bonchev–Trinajstić information content (AvgIpc) is 2.78. The molecule has 0 saturated heterocycles. The molecule has 2 aromatic rings. The zero-order chi connectivity index (χ0) is 25.9. The van der Waals surface area contributed by atoms with Gasteiger partial charge in [0.1, 0.15) is 12.5 Å². The number of aromatic hydroxyl groups is 2. The zero-order valence-electron chi connectivity index (χ0n) is 21.4. The van der Waals surface area contributed by atoms with E-state index in [1.54, 1.807) is 0 Å². The Morgan fingerprint density at radius 2 is 1.03 bits per heavy atom. The minimum absolute atomic E-state index is 0.0163. The van der Waals surface area contributed by atoms with Gasteiger partial charge in [-0.15, -0.1) is 0 Å². The van der Waals surface area contributed by atoms with E-state index in [2.05, 4.69) is 27.7 Å². The van der Waals surface area contributed by atoms with E-state index in [0.29, 0.717) is 24.0 Å². The van der Waals surface area contributed by atoms with Crippen molar-refractivity contribution < 1.29 is 19.0 Å². The van der Waals surface area contributed by atoms with Crippen molar-refractivity contribution >= 4 is 23.5 Å². The van der Waals surface area contributed by atoms with Gasteiger partial charge in [0.2, 0.25) is 10.9 Å². The summed E-state index contributed by atoms with van der Waals surface area (Å²) in [6.45, 7) is 8.60. The predicted octanol–water partition coefficient (Wildman–Crippen LogP) is 6.26. The van der Waals surface area contributed by atoms with Crippen LogP contribution < -0.4 is 10.9 Å². The standard InChI is InChI=1S/C27H40O6S2/c1-26(2,14-20-16-32-18-22(28)24(20)30)8-5-10-34-12-7-13-35-11-6-9-27(3,4)15-21-17-33-19-23(29)25(21)31/h16-19,28-29H,5-15H2,1-4H3. The first-order valence-electron chi connectivity index (χ1n) is 12.2. The molecular formula is C27H40O6S2. The van der Waals surface area contributed by atoms with Crippen molar-refractivity contribution in [2.45, 2.75) is 72.6 Å². The summed E-state index contributed by atoms with van der Waals surface area (Å²) in [6.07, 6.45) is 11.7. The molecule has 0 bridgehead atoms. The molecule has 0 saturated carbocycles. The van der Waals surface area contributed by atoms with Crippen LogP contribution >= 0.6 is 23.5 Å². The Kier molecular flexibility index (Phi) is 11.8. The van der Waals surface area contributed by atoms with Crippen LogP contribution in [0.2, 0.25) is 0 Å². The monoisotopic (exact) mass is 524 g/mol. The van der Waals surface area contributed by atoms with E-state index in [1.807, 2.05) is 23.5 Å². The van der Waals surface area contributed by atoms with E-state index in [9.17, 15) is 19.8 Å². The molecule has 0 amide bonds. The highest BCUT2D eigenvalue weighted by Crippen LogP contribution is 2.29. The van der Waals surface area contributed by atoms with Gasteiger partial charge in [-0.1, -0.05) is 27.7 Å². The first-order chi connectivity index (χ1) is 16.5. The van der Waals surface area contributed by atoms with E-state index in [0.717, 1.165) is 61.2 Å². The lowest BCUT2D eigenvalue weighted by Crippen LogP contribution is -2.20. The third-order valence-corrected chi connectivity index (χ3v) is 8.34. The Morgan fingerprint density at radius 1 is 0.657 bits per heavy atom. The largest absolute Gasteiger partial charge is 0.502 e. The van der Waals surface area contributed by atoms with Gasteiger partial charge in [0.15, 0.2) is 11.5 Å². The number of thioether (sulfide) groups is 2. The Balaban J connectivity index is 1.51. The van der Waals surface area contributed by atoms with Crippen LogP contribution in [-0.2, 0) is 12.8 Å². The van der Waals surface area contributed by atoms with Crippen molar-refractivity contribution in [2.75, 3.05) is 23.0 Å². The van der Waals surface area contributed by atoms with Crippen molar-refractivity contribution in [3.63, 3.8) is 0 Å². The smallest absolute Gasteiger partial charge is 0.229 e. The van der Waals surface area contributed by atoms with Gasteiger partial charge in [-0.3, -0.25) is 9.59 Å².